The zero-order valence-corrected chi connectivity index (χ0v) is 13.7. The van der Waals surface area contributed by atoms with E-state index in [9.17, 15) is 14.7 Å². The van der Waals surface area contributed by atoms with Gasteiger partial charge in [-0.15, -0.1) is 0 Å². The van der Waals surface area contributed by atoms with E-state index in [1.54, 1.807) is 31.2 Å². The number of carbonyl (C=O) groups is 2. The van der Waals surface area contributed by atoms with Crippen molar-refractivity contribution in [2.75, 3.05) is 6.61 Å². The summed E-state index contributed by atoms with van der Waals surface area (Å²) in [6.07, 6.45) is 0.737. The van der Waals surface area contributed by atoms with Crippen molar-refractivity contribution < 1.29 is 49.0 Å². The topological polar surface area (TPSA) is 66.4 Å². The maximum absolute atomic E-state index is 11.6. The van der Waals surface area contributed by atoms with Crippen LogP contribution in [0.4, 0.5) is 0 Å². The van der Waals surface area contributed by atoms with E-state index in [0.29, 0.717) is 5.56 Å². The summed E-state index contributed by atoms with van der Waals surface area (Å²) in [6.45, 7) is 1.69. The normalized spacial score (nSPS) is 10.4. The molecule has 0 radical (unpaired) electrons. The molecule has 0 aliphatic heterocycles. The molecule has 1 aromatic rings. The van der Waals surface area contributed by atoms with E-state index < -0.39 is 17.5 Å². The molecule has 1 rings (SSSR count). The Balaban J connectivity index is 0.00000289. The van der Waals surface area contributed by atoms with Crippen molar-refractivity contribution in [3.8, 4) is 0 Å². The third-order valence-electron chi connectivity index (χ3n) is 1.87. The molecule has 0 N–H and O–H groups in total. The Morgan fingerprint density at radius 2 is 1.89 bits per heavy atom. The maximum atomic E-state index is 11.6. The summed E-state index contributed by atoms with van der Waals surface area (Å²) in [5.74, 6) is -2.48. The maximum Gasteiger partial charge on any atom is 1.00 e. The Morgan fingerprint density at radius 3 is 2.39 bits per heavy atom. The molecule has 0 amide bonds. The Morgan fingerprint density at radius 1 is 1.33 bits per heavy atom. The zero-order chi connectivity index (χ0) is 12.8. The molecule has 0 aromatic heterocycles. The molecule has 90 valence electrons. The van der Waals surface area contributed by atoms with Crippen LogP contribution >= 0.6 is 15.9 Å². The van der Waals surface area contributed by atoms with Gasteiger partial charge in [-0.25, -0.2) is 4.79 Å². The molecule has 0 heterocycles. The molecule has 0 bridgehead atoms. The monoisotopic (exact) mass is 320 g/mol. The van der Waals surface area contributed by atoms with Gasteiger partial charge in [0, 0.05) is 10.0 Å². The first-order chi connectivity index (χ1) is 8.04. The van der Waals surface area contributed by atoms with E-state index in [-0.39, 0.29) is 36.2 Å². The molecule has 4 nitrogen and oxygen atoms in total. The minimum atomic E-state index is -1.02. The molecule has 0 atom stereocenters. The van der Waals surface area contributed by atoms with Crippen LogP contribution in [-0.4, -0.2) is 18.4 Å². The van der Waals surface area contributed by atoms with Gasteiger partial charge in [0.05, 0.1) is 6.61 Å². The van der Waals surface area contributed by atoms with Crippen molar-refractivity contribution in [2.24, 2.45) is 0 Å². The summed E-state index contributed by atoms with van der Waals surface area (Å²) in [7, 11) is 0. The quantitative estimate of drug-likeness (QED) is 0.221. The van der Waals surface area contributed by atoms with E-state index in [1.165, 1.54) is 0 Å². The van der Waals surface area contributed by atoms with Gasteiger partial charge in [0.2, 0.25) is 0 Å². The molecule has 0 aliphatic rings. The van der Waals surface area contributed by atoms with Gasteiger partial charge in [-0.1, -0.05) is 15.9 Å². The second kappa shape index (κ2) is 8.48. The molecule has 0 aliphatic carbocycles. The van der Waals surface area contributed by atoms with Crippen molar-refractivity contribution in [3.63, 3.8) is 0 Å². The van der Waals surface area contributed by atoms with E-state index in [2.05, 4.69) is 20.7 Å². The second-order valence-electron chi connectivity index (χ2n) is 3.10. The van der Waals surface area contributed by atoms with Gasteiger partial charge in [-0.2, -0.15) is 0 Å². The third kappa shape index (κ3) is 5.35. The largest absolute Gasteiger partial charge is 1.00 e. The SMILES string of the molecule is CCOC(=O)C([O-])=CC(=O)c1ccc(Br)cc1.[Na+]. The van der Waals surface area contributed by atoms with Gasteiger partial charge in [0.1, 0.15) is 0 Å². The van der Waals surface area contributed by atoms with Crippen LogP contribution in [-0.2, 0) is 9.53 Å². The number of rotatable bonds is 4. The van der Waals surface area contributed by atoms with E-state index in [1.807, 2.05) is 0 Å². The van der Waals surface area contributed by atoms with Gasteiger partial charge in [0.25, 0.3) is 0 Å². The number of hydrogen-bond donors (Lipinski definition) is 0. The summed E-state index contributed by atoms with van der Waals surface area (Å²) in [4.78, 5) is 22.6. The number of ether oxygens (including phenoxy) is 1. The number of hydrogen-bond acceptors (Lipinski definition) is 4. The Labute approximate surface area is 135 Å². The van der Waals surface area contributed by atoms with Crippen LogP contribution in [0, 0.1) is 0 Å². The fraction of sp³-hybridized carbons (Fsp3) is 0.167. The minimum absolute atomic E-state index is 0. The van der Waals surface area contributed by atoms with Crippen LogP contribution in [0.1, 0.15) is 17.3 Å². The first kappa shape index (κ1) is 17.4. The molecule has 0 fully saturated rings. The molecule has 1 aromatic carbocycles. The fourth-order valence-corrected chi connectivity index (χ4v) is 1.34. The molecule has 0 saturated heterocycles. The molecular formula is C12H10BrNaO4. The van der Waals surface area contributed by atoms with Crippen LogP contribution in [0.5, 0.6) is 0 Å². The second-order valence-corrected chi connectivity index (χ2v) is 4.02. The Hall–Kier alpha value is -0.620. The number of benzene rings is 1. The number of esters is 1. The van der Waals surface area contributed by atoms with Crippen LogP contribution in [0.15, 0.2) is 40.6 Å². The predicted molar refractivity (Wildman–Crippen MR) is 63.2 cm³/mol. The number of ketones is 1. The standard InChI is InChI=1S/C12H11BrO4.Na/c1-2-17-12(16)11(15)7-10(14)8-3-5-9(13)6-4-8;/h3-7,15H,2H2,1H3;/q;+1/p-1. The van der Waals surface area contributed by atoms with Crippen molar-refractivity contribution in [2.45, 2.75) is 6.92 Å². The first-order valence-corrected chi connectivity index (χ1v) is 5.69. The van der Waals surface area contributed by atoms with Crippen LogP contribution < -0.4 is 34.7 Å². The fourth-order valence-electron chi connectivity index (χ4n) is 1.08. The summed E-state index contributed by atoms with van der Waals surface area (Å²) in [5, 5.41) is 11.2. The zero-order valence-electron chi connectivity index (χ0n) is 10.1. The molecular weight excluding hydrogens is 311 g/mol. The van der Waals surface area contributed by atoms with Crippen molar-refractivity contribution in [3.05, 3.63) is 46.1 Å². The van der Waals surface area contributed by atoms with E-state index in [4.69, 9.17) is 0 Å². The predicted octanol–water partition coefficient (Wildman–Crippen LogP) is -1.56. The van der Waals surface area contributed by atoms with Gasteiger partial charge < -0.3 is 9.84 Å². The Bertz CT molecular complexity index is 454. The van der Waals surface area contributed by atoms with Crippen LogP contribution in [0.25, 0.3) is 0 Å². The molecule has 0 unspecified atom stereocenters. The summed E-state index contributed by atoms with van der Waals surface area (Å²) < 4.78 is 5.30. The average molecular weight is 321 g/mol. The first-order valence-electron chi connectivity index (χ1n) is 4.90. The van der Waals surface area contributed by atoms with Crippen LogP contribution in [0.2, 0.25) is 0 Å². The van der Waals surface area contributed by atoms with Crippen molar-refractivity contribution in [1.82, 2.24) is 0 Å². The summed E-state index contributed by atoms with van der Waals surface area (Å²) in [5.41, 5.74) is 0.339. The molecule has 18 heavy (non-hydrogen) atoms. The number of carbonyl (C=O) groups excluding carboxylic acids is 2. The average Bonchev–Trinajstić information content (AvgIpc) is 2.30. The summed E-state index contributed by atoms with van der Waals surface area (Å²) >= 11 is 3.23. The smallest absolute Gasteiger partial charge is 0.867 e. The van der Waals surface area contributed by atoms with Crippen LogP contribution in [0.3, 0.4) is 0 Å². The van der Waals surface area contributed by atoms with E-state index >= 15 is 0 Å². The van der Waals surface area contributed by atoms with Crippen molar-refractivity contribution in [1.29, 1.82) is 0 Å². The molecule has 0 saturated carbocycles. The minimum Gasteiger partial charge on any atom is -0.867 e. The summed E-state index contributed by atoms with van der Waals surface area (Å²) in [6, 6.07) is 6.47. The van der Waals surface area contributed by atoms with Gasteiger partial charge in [0.15, 0.2) is 5.78 Å². The molecule has 6 heteroatoms. The van der Waals surface area contributed by atoms with Gasteiger partial charge in [-0.3, -0.25) is 4.79 Å². The van der Waals surface area contributed by atoms with Crippen molar-refractivity contribution >= 4 is 27.7 Å². The molecule has 0 spiro atoms. The number of halogens is 1. The van der Waals surface area contributed by atoms with Gasteiger partial charge in [-0.05, 0) is 43.0 Å². The Kier molecular flexibility index (Phi) is 8.18. The number of allylic oxidation sites excluding steroid dienone is 1. The van der Waals surface area contributed by atoms with Gasteiger partial charge >= 0.3 is 35.5 Å². The third-order valence-corrected chi connectivity index (χ3v) is 2.40. The van der Waals surface area contributed by atoms with E-state index in [0.717, 1.165) is 10.5 Å².